The molecule has 7 heteroatoms. The lowest BCUT2D eigenvalue weighted by atomic mass is 10.2. The van der Waals surface area contributed by atoms with Gasteiger partial charge in [-0.05, 0) is 58.4 Å². The monoisotopic (exact) mass is 348 g/mol. The number of anilines is 2. The molecule has 0 aliphatic rings. The van der Waals surface area contributed by atoms with Crippen molar-refractivity contribution in [2.45, 2.75) is 0 Å². The number of nitrogens with zero attached hydrogens (tertiary/aromatic N) is 1. The molecule has 0 fully saturated rings. The molecule has 106 valence electrons. The van der Waals surface area contributed by atoms with Crippen molar-refractivity contribution in [1.82, 2.24) is 5.43 Å². The molecule has 0 aromatic heterocycles. The lowest BCUT2D eigenvalue weighted by Crippen LogP contribution is -2.33. The summed E-state index contributed by atoms with van der Waals surface area (Å²) in [6.07, 6.45) is 0. The quantitative estimate of drug-likeness (QED) is 0.741. The number of hydrogen-bond acceptors (Lipinski definition) is 3. The smallest absolute Gasteiger partial charge is 0.307 e. The third kappa shape index (κ3) is 4.19. The largest absolute Gasteiger partial charge is 0.337 e. The number of hydrogen-bond donors (Lipinski definition) is 3. The number of nitriles is 1. The fourth-order valence-electron chi connectivity index (χ4n) is 1.51. The van der Waals surface area contributed by atoms with Crippen LogP contribution in [0.1, 0.15) is 5.56 Å². The molecule has 2 aromatic carbocycles. The van der Waals surface area contributed by atoms with Crippen LogP contribution in [0.4, 0.5) is 20.6 Å². The molecule has 0 bridgehead atoms. The third-order valence-corrected chi connectivity index (χ3v) is 3.17. The van der Waals surface area contributed by atoms with E-state index in [0.29, 0.717) is 21.4 Å². The standard InChI is InChI=1S/C14H10BrFN4O/c15-12-7-10(16)3-6-13(12)19-20-14(21)18-11-4-1-9(8-17)2-5-11/h1-7,19H,(H2,18,20,21). The van der Waals surface area contributed by atoms with E-state index in [2.05, 4.69) is 32.1 Å². The summed E-state index contributed by atoms with van der Waals surface area (Å²) >= 11 is 3.18. The van der Waals surface area contributed by atoms with Crippen molar-refractivity contribution in [2.24, 2.45) is 0 Å². The van der Waals surface area contributed by atoms with Gasteiger partial charge in [-0.2, -0.15) is 5.26 Å². The Labute approximate surface area is 128 Å². The van der Waals surface area contributed by atoms with E-state index in [1.54, 1.807) is 24.3 Å². The van der Waals surface area contributed by atoms with E-state index in [1.807, 2.05) is 6.07 Å². The zero-order valence-electron chi connectivity index (χ0n) is 10.7. The summed E-state index contributed by atoms with van der Waals surface area (Å²) < 4.78 is 13.4. The summed E-state index contributed by atoms with van der Waals surface area (Å²) in [5.74, 6) is -0.380. The molecule has 0 aliphatic carbocycles. The van der Waals surface area contributed by atoms with Crippen LogP contribution in [0, 0.1) is 17.1 Å². The first-order valence-electron chi connectivity index (χ1n) is 5.87. The summed E-state index contributed by atoms with van der Waals surface area (Å²) in [7, 11) is 0. The Hall–Kier alpha value is -2.59. The molecule has 0 unspecified atom stereocenters. The summed E-state index contributed by atoms with van der Waals surface area (Å²) in [5.41, 5.74) is 6.65. The highest BCUT2D eigenvalue weighted by Gasteiger charge is 2.04. The average Bonchev–Trinajstić information content (AvgIpc) is 2.47. The van der Waals surface area contributed by atoms with Crippen LogP contribution in [0.5, 0.6) is 0 Å². The van der Waals surface area contributed by atoms with E-state index in [9.17, 15) is 9.18 Å². The molecule has 0 aliphatic heterocycles. The molecule has 2 rings (SSSR count). The summed E-state index contributed by atoms with van der Waals surface area (Å²) in [6, 6.07) is 12.0. The molecule has 0 heterocycles. The summed E-state index contributed by atoms with van der Waals surface area (Å²) in [6.45, 7) is 0. The Balaban J connectivity index is 1.91. The Morgan fingerprint density at radius 3 is 2.52 bits per heavy atom. The molecular weight excluding hydrogens is 339 g/mol. The Morgan fingerprint density at radius 1 is 1.19 bits per heavy atom. The van der Waals surface area contributed by atoms with Gasteiger partial charge >= 0.3 is 6.03 Å². The zero-order chi connectivity index (χ0) is 15.2. The predicted molar refractivity (Wildman–Crippen MR) is 81.0 cm³/mol. The number of benzene rings is 2. The van der Waals surface area contributed by atoms with Crippen LogP contribution in [-0.2, 0) is 0 Å². The second-order valence-electron chi connectivity index (χ2n) is 4.02. The maximum absolute atomic E-state index is 12.9. The van der Waals surface area contributed by atoms with Crippen LogP contribution in [-0.4, -0.2) is 6.03 Å². The number of carbonyl (C=O) groups is 1. The fraction of sp³-hybridized carbons (Fsp3) is 0. The Bertz CT molecular complexity index is 697. The number of carbonyl (C=O) groups excluding carboxylic acids is 1. The van der Waals surface area contributed by atoms with Gasteiger partial charge < -0.3 is 5.32 Å². The van der Waals surface area contributed by atoms with Gasteiger partial charge in [0.2, 0.25) is 0 Å². The van der Waals surface area contributed by atoms with E-state index < -0.39 is 6.03 Å². The molecular formula is C14H10BrFN4O. The van der Waals surface area contributed by atoms with Crippen LogP contribution in [0.15, 0.2) is 46.9 Å². The normalized spacial score (nSPS) is 9.57. The van der Waals surface area contributed by atoms with Crippen molar-refractivity contribution in [3.63, 3.8) is 0 Å². The highest BCUT2D eigenvalue weighted by molar-refractivity contribution is 9.10. The van der Waals surface area contributed by atoms with E-state index in [1.165, 1.54) is 18.2 Å². The molecule has 21 heavy (non-hydrogen) atoms. The zero-order valence-corrected chi connectivity index (χ0v) is 12.2. The highest BCUT2D eigenvalue weighted by Crippen LogP contribution is 2.22. The number of amides is 2. The Kier molecular flexibility index (Phi) is 4.74. The van der Waals surface area contributed by atoms with E-state index in [4.69, 9.17) is 5.26 Å². The molecule has 2 aromatic rings. The van der Waals surface area contributed by atoms with Crippen LogP contribution < -0.4 is 16.2 Å². The average molecular weight is 349 g/mol. The molecule has 0 saturated carbocycles. The predicted octanol–water partition coefficient (Wildman–Crippen LogP) is 3.61. The summed E-state index contributed by atoms with van der Waals surface area (Å²) in [4.78, 5) is 11.7. The fourth-order valence-corrected chi connectivity index (χ4v) is 1.96. The maximum Gasteiger partial charge on any atom is 0.337 e. The first-order chi connectivity index (χ1) is 10.1. The Morgan fingerprint density at radius 2 is 1.90 bits per heavy atom. The van der Waals surface area contributed by atoms with Crippen LogP contribution in [0.25, 0.3) is 0 Å². The SMILES string of the molecule is N#Cc1ccc(NC(=O)NNc2ccc(F)cc2Br)cc1. The van der Waals surface area contributed by atoms with Gasteiger partial charge in [-0.15, -0.1) is 0 Å². The molecule has 5 nitrogen and oxygen atoms in total. The van der Waals surface area contributed by atoms with Crippen LogP contribution in [0.2, 0.25) is 0 Å². The van der Waals surface area contributed by atoms with Gasteiger partial charge in [-0.1, -0.05) is 0 Å². The minimum absolute atomic E-state index is 0.380. The van der Waals surface area contributed by atoms with Crippen molar-refractivity contribution in [2.75, 3.05) is 10.7 Å². The van der Waals surface area contributed by atoms with E-state index in [0.717, 1.165) is 0 Å². The molecule has 0 atom stereocenters. The number of nitrogens with one attached hydrogen (secondary N) is 3. The number of halogens is 2. The van der Waals surface area contributed by atoms with Crippen LogP contribution in [0.3, 0.4) is 0 Å². The molecule has 0 spiro atoms. The van der Waals surface area contributed by atoms with Gasteiger partial charge in [-0.3, -0.25) is 10.9 Å². The summed E-state index contributed by atoms with van der Waals surface area (Å²) in [5, 5.41) is 11.3. The maximum atomic E-state index is 12.9. The van der Waals surface area contributed by atoms with Gasteiger partial charge in [0.05, 0.1) is 17.3 Å². The minimum Gasteiger partial charge on any atom is -0.307 e. The van der Waals surface area contributed by atoms with Gasteiger partial charge in [0, 0.05) is 10.2 Å². The number of rotatable bonds is 3. The molecule has 3 N–H and O–H groups in total. The topological polar surface area (TPSA) is 77.0 Å². The lowest BCUT2D eigenvalue weighted by molar-refractivity contribution is 0.254. The van der Waals surface area contributed by atoms with Gasteiger partial charge in [0.1, 0.15) is 5.82 Å². The third-order valence-electron chi connectivity index (χ3n) is 2.51. The second-order valence-corrected chi connectivity index (χ2v) is 4.87. The van der Waals surface area contributed by atoms with E-state index in [-0.39, 0.29) is 5.82 Å². The molecule has 2 amide bonds. The van der Waals surface area contributed by atoms with Crippen molar-refractivity contribution in [1.29, 1.82) is 5.26 Å². The second kappa shape index (κ2) is 6.72. The highest BCUT2D eigenvalue weighted by atomic mass is 79.9. The van der Waals surface area contributed by atoms with Crippen molar-refractivity contribution < 1.29 is 9.18 Å². The van der Waals surface area contributed by atoms with Gasteiger partial charge in [0.15, 0.2) is 0 Å². The van der Waals surface area contributed by atoms with Crippen molar-refractivity contribution in [3.8, 4) is 6.07 Å². The van der Waals surface area contributed by atoms with E-state index >= 15 is 0 Å². The van der Waals surface area contributed by atoms with Crippen molar-refractivity contribution in [3.05, 3.63) is 58.3 Å². The lowest BCUT2D eigenvalue weighted by Gasteiger charge is -2.11. The first kappa shape index (κ1) is 14.8. The number of hydrazine groups is 1. The number of urea groups is 1. The van der Waals surface area contributed by atoms with Gasteiger partial charge in [0.25, 0.3) is 0 Å². The van der Waals surface area contributed by atoms with Gasteiger partial charge in [-0.25, -0.2) is 9.18 Å². The minimum atomic E-state index is -0.490. The molecule has 0 radical (unpaired) electrons. The van der Waals surface area contributed by atoms with Crippen LogP contribution >= 0.6 is 15.9 Å². The van der Waals surface area contributed by atoms with Crippen molar-refractivity contribution >= 4 is 33.3 Å². The molecule has 0 saturated heterocycles. The first-order valence-corrected chi connectivity index (χ1v) is 6.66.